The molecular formula is C19H20N2O2. The minimum Gasteiger partial charge on any atom is -0.353 e. The van der Waals surface area contributed by atoms with Gasteiger partial charge in [-0.15, -0.1) is 0 Å². The van der Waals surface area contributed by atoms with Crippen LogP contribution in [0.25, 0.3) is 0 Å². The lowest BCUT2D eigenvalue weighted by molar-refractivity contribution is -0.142. The zero-order chi connectivity index (χ0) is 16.2. The van der Waals surface area contributed by atoms with Crippen molar-refractivity contribution >= 4 is 11.8 Å². The summed E-state index contributed by atoms with van der Waals surface area (Å²) in [5, 5.41) is 2.80. The molecular weight excluding hydrogens is 288 g/mol. The van der Waals surface area contributed by atoms with Crippen molar-refractivity contribution in [2.45, 2.75) is 18.9 Å². The SMILES string of the molecule is CC1C(=O)NCCN1C(=O)C(c1ccccc1)c1ccccc1. The molecule has 4 heteroatoms. The van der Waals surface area contributed by atoms with E-state index in [0.717, 1.165) is 11.1 Å². The monoisotopic (exact) mass is 308 g/mol. The maximum absolute atomic E-state index is 13.2. The van der Waals surface area contributed by atoms with Crippen molar-refractivity contribution in [1.82, 2.24) is 10.2 Å². The maximum atomic E-state index is 13.2. The molecule has 0 aromatic heterocycles. The van der Waals surface area contributed by atoms with Crippen molar-refractivity contribution in [3.8, 4) is 0 Å². The van der Waals surface area contributed by atoms with E-state index in [9.17, 15) is 9.59 Å². The highest BCUT2D eigenvalue weighted by atomic mass is 16.2. The molecule has 1 unspecified atom stereocenters. The summed E-state index contributed by atoms with van der Waals surface area (Å²) in [5.74, 6) is -0.500. The van der Waals surface area contributed by atoms with Crippen molar-refractivity contribution in [2.24, 2.45) is 0 Å². The van der Waals surface area contributed by atoms with E-state index in [2.05, 4.69) is 5.32 Å². The summed E-state index contributed by atoms with van der Waals surface area (Å²) >= 11 is 0. The van der Waals surface area contributed by atoms with Crippen molar-refractivity contribution in [3.63, 3.8) is 0 Å². The van der Waals surface area contributed by atoms with Gasteiger partial charge in [-0.2, -0.15) is 0 Å². The van der Waals surface area contributed by atoms with Crippen LogP contribution < -0.4 is 5.32 Å². The zero-order valence-corrected chi connectivity index (χ0v) is 13.1. The van der Waals surface area contributed by atoms with Crippen LogP contribution in [0, 0.1) is 0 Å². The first-order valence-corrected chi connectivity index (χ1v) is 7.86. The molecule has 3 rings (SSSR count). The average molecular weight is 308 g/mol. The van der Waals surface area contributed by atoms with Crippen molar-refractivity contribution in [1.29, 1.82) is 0 Å². The quantitative estimate of drug-likeness (QED) is 0.944. The number of nitrogens with one attached hydrogen (secondary N) is 1. The lowest BCUT2D eigenvalue weighted by atomic mass is 9.89. The fourth-order valence-corrected chi connectivity index (χ4v) is 3.02. The first-order valence-electron chi connectivity index (χ1n) is 7.86. The molecule has 2 aromatic rings. The molecule has 0 radical (unpaired) electrons. The van der Waals surface area contributed by atoms with Gasteiger partial charge in [-0.1, -0.05) is 60.7 Å². The summed E-state index contributed by atoms with van der Waals surface area (Å²) in [5.41, 5.74) is 1.89. The number of carbonyl (C=O) groups is 2. The Kier molecular flexibility index (Phi) is 4.42. The second-order valence-electron chi connectivity index (χ2n) is 5.75. The highest BCUT2D eigenvalue weighted by Crippen LogP contribution is 2.28. The number of piperazine rings is 1. The third-order valence-electron chi connectivity index (χ3n) is 4.29. The Bertz CT molecular complexity index is 646. The standard InChI is InChI=1S/C19H20N2O2/c1-14-18(22)20-12-13-21(14)19(23)17(15-8-4-2-5-9-15)16-10-6-3-7-11-16/h2-11,14,17H,12-13H2,1H3,(H,20,22). The van der Waals surface area contributed by atoms with Crippen LogP contribution in [0.2, 0.25) is 0 Å². The van der Waals surface area contributed by atoms with Crippen molar-refractivity contribution < 1.29 is 9.59 Å². The number of nitrogens with zero attached hydrogens (tertiary/aromatic N) is 1. The Morgan fingerprint density at radius 3 is 2.09 bits per heavy atom. The van der Waals surface area contributed by atoms with Crippen molar-refractivity contribution in [2.75, 3.05) is 13.1 Å². The topological polar surface area (TPSA) is 49.4 Å². The molecule has 2 aromatic carbocycles. The van der Waals surface area contributed by atoms with E-state index in [1.54, 1.807) is 11.8 Å². The lowest BCUT2D eigenvalue weighted by Crippen LogP contribution is -2.56. The molecule has 0 saturated carbocycles. The molecule has 23 heavy (non-hydrogen) atoms. The Morgan fingerprint density at radius 1 is 1.04 bits per heavy atom. The van der Waals surface area contributed by atoms with E-state index >= 15 is 0 Å². The number of hydrogen-bond acceptors (Lipinski definition) is 2. The van der Waals surface area contributed by atoms with Gasteiger partial charge < -0.3 is 10.2 Å². The van der Waals surface area contributed by atoms with Crippen LogP contribution in [0.4, 0.5) is 0 Å². The predicted molar refractivity (Wildman–Crippen MR) is 88.9 cm³/mol. The molecule has 1 saturated heterocycles. The average Bonchev–Trinajstić information content (AvgIpc) is 2.59. The lowest BCUT2D eigenvalue weighted by Gasteiger charge is -2.35. The number of benzene rings is 2. The summed E-state index contributed by atoms with van der Waals surface area (Å²) < 4.78 is 0. The maximum Gasteiger partial charge on any atom is 0.242 e. The Morgan fingerprint density at radius 2 is 1.57 bits per heavy atom. The van der Waals surface area contributed by atoms with Gasteiger partial charge in [-0.25, -0.2) is 0 Å². The molecule has 0 aliphatic carbocycles. The second kappa shape index (κ2) is 6.65. The number of rotatable bonds is 3. The normalized spacial score (nSPS) is 17.9. The van der Waals surface area contributed by atoms with Gasteiger partial charge in [0.15, 0.2) is 0 Å². The summed E-state index contributed by atoms with van der Waals surface area (Å²) in [7, 11) is 0. The van der Waals surface area contributed by atoms with Gasteiger partial charge in [0, 0.05) is 13.1 Å². The highest BCUT2D eigenvalue weighted by molar-refractivity contribution is 5.93. The summed E-state index contributed by atoms with van der Waals surface area (Å²) in [6.07, 6.45) is 0. The number of carbonyl (C=O) groups excluding carboxylic acids is 2. The minimum atomic E-state index is -0.439. The van der Waals surface area contributed by atoms with Crippen LogP contribution in [0.15, 0.2) is 60.7 Å². The Balaban J connectivity index is 1.98. The minimum absolute atomic E-state index is 0.0234. The van der Waals surface area contributed by atoms with Gasteiger partial charge in [-0.05, 0) is 18.1 Å². The van der Waals surface area contributed by atoms with Crippen molar-refractivity contribution in [3.05, 3.63) is 71.8 Å². The smallest absolute Gasteiger partial charge is 0.242 e. The molecule has 0 bridgehead atoms. The largest absolute Gasteiger partial charge is 0.353 e. The van der Waals surface area contributed by atoms with Crippen LogP contribution in [0.1, 0.15) is 24.0 Å². The van der Waals surface area contributed by atoms with Crippen LogP contribution in [0.3, 0.4) is 0 Å². The van der Waals surface area contributed by atoms with Crippen LogP contribution in [0.5, 0.6) is 0 Å². The van der Waals surface area contributed by atoms with Crippen LogP contribution in [-0.2, 0) is 9.59 Å². The molecule has 118 valence electrons. The summed E-state index contributed by atoms with van der Waals surface area (Å²) in [6, 6.07) is 19.0. The predicted octanol–water partition coefficient (Wildman–Crippen LogP) is 2.17. The van der Waals surface area contributed by atoms with Crippen LogP contribution in [-0.4, -0.2) is 35.8 Å². The molecule has 1 heterocycles. The summed E-state index contributed by atoms with van der Waals surface area (Å²) in [4.78, 5) is 26.8. The van der Waals surface area contributed by atoms with E-state index in [0.29, 0.717) is 13.1 Å². The molecule has 1 aliphatic rings. The first kappa shape index (κ1) is 15.3. The van der Waals surface area contributed by atoms with E-state index in [4.69, 9.17) is 0 Å². The third kappa shape index (κ3) is 3.11. The second-order valence-corrected chi connectivity index (χ2v) is 5.75. The molecule has 1 aliphatic heterocycles. The Hall–Kier alpha value is -2.62. The molecule has 1 fully saturated rings. The fraction of sp³-hybridized carbons (Fsp3) is 0.263. The van der Waals surface area contributed by atoms with E-state index in [1.807, 2.05) is 60.7 Å². The van der Waals surface area contributed by atoms with Gasteiger partial charge >= 0.3 is 0 Å². The summed E-state index contributed by atoms with van der Waals surface area (Å²) in [6.45, 7) is 2.83. The fourth-order valence-electron chi connectivity index (χ4n) is 3.02. The Labute approximate surface area is 136 Å². The molecule has 4 nitrogen and oxygen atoms in total. The molecule has 0 spiro atoms. The highest BCUT2D eigenvalue weighted by Gasteiger charge is 2.34. The third-order valence-corrected chi connectivity index (χ3v) is 4.29. The number of amides is 2. The molecule has 1 N–H and O–H groups in total. The van der Waals surface area contributed by atoms with Gasteiger partial charge in [-0.3, -0.25) is 9.59 Å². The van der Waals surface area contributed by atoms with Crippen LogP contribution >= 0.6 is 0 Å². The molecule has 2 amide bonds. The van der Waals surface area contributed by atoms with E-state index < -0.39 is 6.04 Å². The van der Waals surface area contributed by atoms with Gasteiger partial charge in [0.1, 0.15) is 6.04 Å². The van der Waals surface area contributed by atoms with E-state index in [1.165, 1.54) is 0 Å². The number of hydrogen-bond donors (Lipinski definition) is 1. The first-order chi connectivity index (χ1) is 11.2. The zero-order valence-electron chi connectivity index (χ0n) is 13.1. The van der Waals surface area contributed by atoms with Gasteiger partial charge in [0.25, 0.3) is 0 Å². The van der Waals surface area contributed by atoms with Gasteiger partial charge in [0.2, 0.25) is 11.8 Å². The van der Waals surface area contributed by atoms with E-state index in [-0.39, 0.29) is 17.7 Å². The molecule has 1 atom stereocenters. The van der Waals surface area contributed by atoms with Gasteiger partial charge in [0.05, 0.1) is 5.92 Å².